The molecule has 0 spiro atoms. The van der Waals surface area contributed by atoms with Crippen molar-refractivity contribution < 1.29 is 4.79 Å². The standard InChI is InChI=1S/C20H22N2O/c1-21(2)19-10-6-9-18(15-19)20(23)22-13-11-17(12-14-22)16-7-4-3-5-8-16/h3-11,15H,12-14H2,1-2H3. The topological polar surface area (TPSA) is 23.6 Å². The van der Waals surface area contributed by atoms with Crippen LogP contribution in [0.1, 0.15) is 22.3 Å². The molecule has 0 unspecified atom stereocenters. The molecule has 2 aromatic rings. The molecule has 3 nitrogen and oxygen atoms in total. The number of amides is 1. The highest BCUT2D eigenvalue weighted by Gasteiger charge is 2.19. The van der Waals surface area contributed by atoms with Crippen LogP contribution < -0.4 is 4.90 Å². The van der Waals surface area contributed by atoms with Gasteiger partial charge in [0.2, 0.25) is 0 Å². The van der Waals surface area contributed by atoms with Crippen molar-refractivity contribution in [1.82, 2.24) is 4.90 Å². The summed E-state index contributed by atoms with van der Waals surface area (Å²) in [6.45, 7) is 1.45. The van der Waals surface area contributed by atoms with Crippen molar-refractivity contribution in [1.29, 1.82) is 0 Å². The molecular formula is C20H22N2O. The summed E-state index contributed by atoms with van der Waals surface area (Å²) < 4.78 is 0. The van der Waals surface area contributed by atoms with Gasteiger partial charge in [0.1, 0.15) is 0 Å². The van der Waals surface area contributed by atoms with Crippen LogP contribution in [-0.4, -0.2) is 38.0 Å². The zero-order valence-electron chi connectivity index (χ0n) is 13.7. The average molecular weight is 306 g/mol. The predicted molar refractivity (Wildman–Crippen MR) is 95.7 cm³/mol. The van der Waals surface area contributed by atoms with Gasteiger partial charge in [-0.1, -0.05) is 42.5 Å². The summed E-state index contributed by atoms with van der Waals surface area (Å²) in [5, 5.41) is 0. The molecule has 0 N–H and O–H groups in total. The van der Waals surface area contributed by atoms with E-state index in [4.69, 9.17) is 0 Å². The summed E-state index contributed by atoms with van der Waals surface area (Å²) >= 11 is 0. The van der Waals surface area contributed by atoms with Gasteiger partial charge in [0, 0.05) is 38.4 Å². The maximum atomic E-state index is 12.7. The molecule has 1 heterocycles. The summed E-state index contributed by atoms with van der Waals surface area (Å²) in [6.07, 6.45) is 3.08. The molecule has 23 heavy (non-hydrogen) atoms. The third-order valence-electron chi connectivity index (χ3n) is 4.25. The SMILES string of the molecule is CN(C)c1cccc(C(=O)N2CC=C(c3ccccc3)CC2)c1. The number of benzene rings is 2. The van der Waals surface area contributed by atoms with Crippen molar-refractivity contribution in [2.24, 2.45) is 0 Å². The molecule has 3 rings (SSSR count). The van der Waals surface area contributed by atoms with E-state index in [9.17, 15) is 4.79 Å². The van der Waals surface area contributed by atoms with Crippen LogP contribution >= 0.6 is 0 Å². The monoisotopic (exact) mass is 306 g/mol. The van der Waals surface area contributed by atoms with Crippen molar-refractivity contribution in [2.75, 3.05) is 32.1 Å². The molecule has 1 aliphatic heterocycles. The summed E-state index contributed by atoms with van der Waals surface area (Å²) in [5.41, 5.74) is 4.40. The molecule has 1 aliphatic rings. The second kappa shape index (κ2) is 6.69. The molecule has 0 fully saturated rings. The Morgan fingerprint density at radius 3 is 2.48 bits per heavy atom. The molecule has 0 bridgehead atoms. The number of nitrogens with zero attached hydrogens (tertiary/aromatic N) is 2. The summed E-state index contributed by atoms with van der Waals surface area (Å²) in [5.74, 6) is 0.108. The van der Waals surface area contributed by atoms with E-state index in [1.807, 2.05) is 54.2 Å². The quantitative estimate of drug-likeness (QED) is 0.863. The van der Waals surface area contributed by atoms with Crippen molar-refractivity contribution in [2.45, 2.75) is 6.42 Å². The van der Waals surface area contributed by atoms with E-state index >= 15 is 0 Å². The molecule has 3 heteroatoms. The van der Waals surface area contributed by atoms with Crippen LogP contribution in [0.5, 0.6) is 0 Å². The molecule has 0 saturated heterocycles. The first-order chi connectivity index (χ1) is 11.1. The van der Waals surface area contributed by atoms with E-state index < -0.39 is 0 Å². The molecule has 0 aliphatic carbocycles. The number of carbonyl (C=O) groups is 1. The Hall–Kier alpha value is -2.55. The number of hydrogen-bond acceptors (Lipinski definition) is 2. The zero-order chi connectivity index (χ0) is 16.2. The van der Waals surface area contributed by atoms with Crippen LogP contribution in [0.15, 0.2) is 60.7 Å². The molecule has 0 radical (unpaired) electrons. The van der Waals surface area contributed by atoms with Crippen molar-refractivity contribution >= 4 is 17.2 Å². The smallest absolute Gasteiger partial charge is 0.254 e. The van der Waals surface area contributed by atoms with Gasteiger partial charge in [-0.3, -0.25) is 4.79 Å². The van der Waals surface area contributed by atoms with Gasteiger partial charge in [0.15, 0.2) is 0 Å². The predicted octanol–water partition coefficient (Wildman–Crippen LogP) is 3.68. The Labute approximate surface area is 137 Å². The van der Waals surface area contributed by atoms with Gasteiger partial charge in [-0.2, -0.15) is 0 Å². The van der Waals surface area contributed by atoms with Crippen LogP contribution in [-0.2, 0) is 0 Å². The fraction of sp³-hybridized carbons (Fsp3) is 0.250. The molecule has 0 atom stereocenters. The van der Waals surface area contributed by atoms with Gasteiger partial charge >= 0.3 is 0 Å². The average Bonchev–Trinajstić information content (AvgIpc) is 2.62. The van der Waals surface area contributed by atoms with Crippen molar-refractivity contribution in [3.63, 3.8) is 0 Å². The van der Waals surface area contributed by atoms with Gasteiger partial charge in [-0.25, -0.2) is 0 Å². The molecular weight excluding hydrogens is 284 g/mol. The second-order valence-corrected chi connectivity index (χ2v) is 6.04. The zero-order valence-corrected chi connectivity index (χ0v) is 13.7. The fourth-order valence-corrected chi connectivity index (χ4v) is 2.87. The number of hydrogen-bond donors (Lipinski definition) is 0. The Morgan fingerprint density at radius 1 is 1.04 bits per heavy atom. The Bertz CT molecular complexity index is 719. The molecule has 2 aromatic carbocycles. The number of carbonyl (C=O) groups excluding carboxylic acids is 1. The third kappa shape index (κ3) is 3.45. The minimum atomic E-state index is 0.108. The minimum absolute atomic E-state index is 0.108. The molecule has 118 valence electrons. The normalized spacial score (nSPS) is 14.3. The summed E-state index contributed by atoms with van der Waals surface area (Å²) in [4.78, 5) is 16.6. The van der Waals surface area contributed by atoms with Crippen LogP contribution in [0.3, 0.4) is 0 Å². The van der Waals surface area contributed by atoms with Gasteiger partial charge in [0.05, 0.1) is 0 Å². The maximum absolute atomic E-state index is 12.7. The third-order valence-corrected chi connectivity index (χ3v) is 4.25. The lowest BCUT2D eigenvalue weighted by molar-refractivity contribution is 0.0773. The maximum Gasteiger partial charge on any atom is 0.254 e. The van der Waals surface area contributed by atoms with E-state index in [1.54, 1.807) is 0 Å². The largest absolute Gasteiger partial charge is 0.378 e. The lowest BCUT2D eigenvalue weighted by Crippen LogP contribution is -2.34. The van der Waals surface area contributed by atoms with Gasteiger partial charge in [-0.15, -0.1) is 0 Å². The lowest BCUT2D eigenvalue weighted by Gasteiger charge is -2.27. The number of rotatable bonds is 3. The van der Waals surface area contributed by atoms with Crippen LogP contribution in [0.25, 0.3) is 5.57 Å². The minimum Gasteiger partial charge on any atom is -0.378 e. The van der Waals surface area contributed by atoms with Gasteiger partial charge in [-0.05, 0) is 35.8 Å². The van der Waals surface area contributed by atoms with E-state index in [0.717, 1.165) is 24.2 Å². The van der Waals surface area contributed by atoms with E-state index in [2.05, 4.69) is 30.3 Å². The lowest BCUT2D eigenvalue weighted by atomic mass is 9.99. The first kappa shape index (κ1) is 15.3. The second-order valence-electron chi connectivity index (χ2n) is 6.04. The molecule has 1 amide bonds. The van der Waals surface area contributed by atoms with E-state index in [0.29, 0.717) is 6.54 Å². The van der Waals surface area contributed by atoms with Crippen LogP contribution in [0.2, 0.25) is 0 Å². The Kier molecular flexibility index (Phi) is 4.47. The van der Waals surface area contributed by atoms with E-state index in [1.165, 1.54) is 11.1 Å². The van der Waals surface area contributed by atoms with Crippen molar-refractivity contribution in [3.8, 4) is 0 Å². The summed E-state index contributed by atoms with van der Waals surface area (Å²) in [7, 11) is 3.97. The van der Waals surface area contributed by atoms with E-state index in [-0.39, 0.29) is 5.91 Å². The number of anilines is 1. The first-order valence-corrected chi connectivity index (χ1v) is 7.96. The highest BCUT2D eigenvalue weighted by molar-refractivity contribution is 5.95. The summed E-state index contributed by atoms with van der Waals surface area (Å²) in [6, 6.07) is 18.2. The van der Waals surface area contributed by atoms with Crippen molar-refractivity contribution in [3.05, 3.63) is 71.8 Å². The Morgan fingerprint density at radius 2 is 1.83 bits per heavy atom. The fourth-order valence-electron chi connectivity index (χ4n) is 2.87. The first-order valence-electron chi connectivity index (χ1n) is 7.96. The van der Waals surface area contributed by atoms with Crippen LogP contribution in [0, 0.1) is 0 Å². The van der Waals surface area contributed by atoms with Crippen LogP contribution in [0.4, 0.5) is 5.69 Å². The van der Waals surface area contributed by atoms with Gasteiger partial charge < -0.3 is 9.80 Å². The highest BCUT2D eigenvalue weighted by atomic mass is 16.2. The van der Waals surface area contributed by atoms with Gasteiger partial charge in [0.25, 0.3) is 5.91 Å². The molecule has 0 aromatic heterocycles. The highest BCUT2D eigenvalue weighted by Crippen LogP contribution is 2.23. The Balaban J connectivity index is 1.73. The molecule has 0 saturated carbocycles.